The van der Waals surface area contributed by atoms with E-state index >= 15 is 0 Å². The molecule has 22 heavy (non-hydrogen) atoms. The minimum atomic E-state index is -0.705. The van der Waals surface area contributed by atoms with Gasteiger partial charge in [0.05, 0.1) is 19.3 Å². The van der Waals surface area contributed by atoms with Crippen molar-refractivity contribution in [3.8, 4) is 0 Å². The molecule has 8 nitrogen and oxygen atoms in total. The average molecular weight is 304 g/mol. The van der Waals surface area contributed by atoms with Crippen LogP contribution in [-0.4, -0.2) is 42.7 Å². The van der Waals surface area contributed by atoms with E-state index in [-0.39, 0.29) is 18.1 Å². The molecule has 1 aromatic rings. The molecule has 0 fully saturated rings. The molecule has 0 saturated heterocycles. The van der Waals surface area contributed by atoms with Crippen LogP contribution in [0.2, 0.25) is 0 Å². The second-order valence-corrected chi connectivity index (χ2v) is 3.95. The fraction of sp³-hybridized carbons (Fsp3) is 0.214. The smallest absolute Gasteiger partial charge is 0.315 e. The molecular formula is C14H14N3O5. The summed E-state index contributed by atoms with van der Waals surface area (Å²) < 4.78 is 4.39. The molecule has 1 rings (SSSR count). The van der Waals surface area contributed by atoms with Gasteiger partial charge in [0.15, 0.2) is 5.82 Å². The molecular weight excluding hydrogens is 290 g/mol. The van der Waals surface area contributed by atoms with Crippen LogP contribution in [0.4, 0.5) is 11.5 Å². The van der Waals surface area contributed by atoms with E-state index in [9.17, 15) is 19.2 Å². The number of nitrogens with one attached hydrogen (secondary N) is 1. The Balaban J connectivity index is 3.04. The summed E-state index contributed by atoms with van der Waals surface area (Å²) in [7, 11) is 1.16. The van der Waals surface area contributed by atoms with Gasteiger partial charge in [-0.2, -0.15) is 0 Å². The number of pyridine rings is 1. The Morgan fingerprint density at radius 3 is 2.82 bits per heavy atom. The molecule has 115 valence electrons. The van der Waals surface area contributed by atoms with Crippen molar-refractivity contribution in [3.63, 3.8) is 0 Å². The van der Waals surface area contributed by atoms with E-state index in [1.54, 1.807) is 6.29 Å². The van der Waals surface area contributed by atoms with Gasteiger partial charge in [0.2, 0.25) is 12.2 Å². The zero-order valence-corrected chi connectivity index (χ0v) is 11.9. The van der Waals surface area contributed by atoms with Crippen LogP contribution in [0.15, 0.2) is 31.0 Å². The van der Waals surface area contributed by atoms with Gasteiger partial charge in [-0.3, -0.25) is 24.1 Å². The lowest BCUT2D eigenvalue weighted by Crippen LogP contribution is -2.33. The van der Waals surface area contributed by atoms with E-state index in [0.717, 1.165) is 18.1 Å². The van der Waals surface area contributed by atoms with Gasteiger partial charge in [0, 0.05) is 6.20 Å². The predicted molar refractivity (Wildman–Crippen MR) is 77.7 cm³/mol. The number of hydrogen-bond donors (Lipinski definition) is 1. The van der Waals surface area contributed by atoms with Crippen molar-refractivity contribution in [2.24, 2.45) is 0 Å². The van der Waals surface area contributed by atoms with E-state index in [1.165, 1.54) is 18.3 Å². The van der Waals surface area contributed by atoms with Gasteiger partial charge in [-0.25, -0.2) is 4.98 Å². The average Bonchev–Trinajstić information content (AvgIpc) is 2.52. The fourth-order valence-corrected chi connectivity index (χ4v) is 1.54. The number of esters is 1. The molecule has 1 heterocycles. The Kier molecular flexibility index (Phi) is 6.42. The fourth-order valence-electron chi connectivity index (χ4n) is 1.54. The third-order valence-electron chi connectivity index (χ3n) is 2.51. The Hall–Kier alpha value is -3.03. The highest BCUT2D eigenvalue weighted by molar-refractivity contribution is 6.07. The Morgan fingerprint density at radius 2 is 2.23 bits per heavy atom. The number of anilines is 2. The molecule has 2 amide bonds. The number of hydrogen-bond acceptors (Lipinski definition) is 6. The molecule has 0 aliphatic rings. The Labute approximate surface area is 126 Å². The molecule has 0 saturated carbocycles. The van der Waals surface area contributed by atoms with Gasteiger partial charge in [-0.05, 0) is 18.2 Å². The van der Waals surface area contributed by atoms with E-state index in [1.807, 2.05) is 0 Å². The second kappa shape index (κ2) is 8.30. The van der Waals surface area contributed by atoms with Gasteiger partial charge in [-0.15, -0.1) is 0 Å². The number of carbonyl (C=O) groups is 3. The van der Waals surface area contributed by atoms with Crippen LogP contribution in [0.1, 0.15) is 6.42 Å². The maximum atomic E-state index is 11.8. The predicted octanol–water partition coefficient (Wildman–Crippen LogP) is 0.212. The molecule has 8 heteroatoms. The van der Waals surface area contributed by atoms with Crippen LogP contribution >= 0.6 is 0 Å². The molecule has 0 aliphatic heterocycles. The van der Waals surface area contributed by atoms with Crippen LogP contribution in [0, 0.1) is 0 Å². The summed E-state index contributed by atoms with van der Waals surface area (Å²) in [5.41, 5.74) is 0.168. The summed E-state index contributed by atoms with van der Waals surface area (Å²) in [4.78, 5) is 50.1. The maximum Gasteiger partial charge on any atom is 0.315 e. The molecule has 1 N–H and O–H groups in total. The Morgan fingerprint density at radius 1 is 1.50 bits per heavy atom. The highest BCUT2D eigenvalue weighted by atomic mass is 16.5. The molecule has 0 aliphatic carbocycles. The van der Waals surface area contributed by atoms with Crippen molar-refractivity contribution in [2.75, 3.05) is 23.9 Å². The number of ether oxygens (including phenoxy) is 1. The van der Waals surface area contributed by atoms with E-state index in [2.05, 4.69) is 21.6 Å². The topological polar surface area (TPSA) is 106 Å². The first-order valence-corrected chi connectivity index (χ1v) is 6.14. The van der Waals surface area contributed by atoms with Crippen molar-refractivity contribution in [1.82, 2.24) is 4.98 Å². The van der Waals surface area contributed by atoms with Crippen LogP contribution < -0.4 is 10.2 Å². The first-order chi connectivity index (χ1) is 10.5. The van der Waals surface area contributed by atoms with Crippen LogP contribution in [0.25, 0.3) is 0 Å². The SMILES string of the molecule is C=CC(=O)N(C[C]=O)c1ncccc1NC(=O)CC(=O)OC. The lowest BCUT2D eigenvalue weighted by molar-refractivity contribution is -0.142. The molecule has 0 aromatic carbocycles. The van der Waals surface area contributed by atoms with Gasteiger partial charge in [-0.1, -0.05) is 6.58 Å². The normalized spacial score (nSPS) is 9.50. The van der Waals surface area contributed by atoms with Crippen molar-refractivity contribution < 1.29 is 23.9 Å². The summed E-state index contributed by atoms with van der Waals surface area (Å²) in [6.07, 6.45) is 3.49. The summed E-state index contributed by atoms with van der Waals surface area (Å²) >= 11 is 0. The summed E-state index contributed by atoms with van der Waals surface area (Å²) in [5.74, 6) is -1.87. The van der Waals surface area contributed by atoms with Crippen molar-refractivity contribution in [2.45, 2.75) is 6.42 Å². The summed E-state index contributed by atoms with van der Waals surface area (Å²) in [6, 6.07) is 3.00. The van der Waals surface area contributed by atoms with Crippen LogP contribution in [0.3, 0.4) is 0 Å². The largest absolute Gasteiger partial charge is 0.469 e. The highest BCUT2D eigenvalue weighted by Gasteiger charge is 2.19. The van der Waals surface area contributed by atoms with E-state index < -0.39 is 24.2 Å². The van der Waals surface area contributed by atoms with Crippen molar-refractivity contribution in [3.05, 3.63) is 31.0 Å². The summed E-state index contributed by atoms with van der Waals surface area (Å²) in [6.45, 7) is 2.96. The first-order valence-electron chi connectivity index (χ1n) is 6.14. The molecule has 0 atom stereocenters. The molecule has 0 unspecified atom stereocenters. The zero-order chi connectivity index (χ0) is 16.5. The third-order valence-corrected chi connectivity index (χ3v) is 2.51. The van der Waals surface area contributed by atoms with Crippen molar-refractivity contribution in [1.29, 1.82) is 0 Å². The second-order valence-electron chi connectivity index (χ2n) is 3.95. The number of nitrogens with zero attached hydrogens (tertiary/aromatic N) is 2. The lowest BCUT2D eigenvalue weighted by atomic mass is 10.3. The van der Waals surface area contributed by atoms with Gasteiger partial charge >= 0.3 is 5.97 Å². The van der Waals surface area contributed by atoms with E-state index in [0.29, 0.717) is 0 Å². The van der Waals surface area contributed by atoms with Crippen LogP contribution in [-0.2, 0) is 23.9 Å². The minimum Gasteiger partial charge on any atom is -0.469 e. The molecule has 0 spiro atoms. The maximum absolute atomic E-state index is 11.8. The first kappa shape index (κ1) is 17.0. The van der Waals surface area contributed by atoms with Crippen molar-refractivity contribution >= 4 is 35.6 Å². The highest BCUT2D eigenvalue weighted by Crippen LogP contribution is 2.23. The lowest BCUT2D eigenvalue weighted by Gasteiger charge is -2.20. The molecule has 1 radical (unpaired) electrons. The van der Waals surface area contributed by atoms with E-state index in [4.69, 9.17) is 0 Å². The van der Waals surface area contributed by atoms with Crippen LogP contribution in [0.5, 0.6) is 0 Å². The van der Waals surface area contributed by atoms with Gasteiger partial charge in [0.25, 0.3) is 5.91 Å². The number of aromatic nitrogens is 1. The minimum absolute atomic E-state index is 0.0500. The summed E-state index contributed by atoms with van der Waals surface area (Å²) in [5, 5.41) is 2.43. The quantitative estimate of drug-likeness (QED) is 0.438. The standard InChI is InChI=1S/C14H14N3O5/c1-3-12(20)17(7-8-18)14-10(5-4-6-15-14)16-11(19)9-13(21)22-2/h3-6H,1,7,9H2,2H3,(H,16,19). The van der Waals surface area contributed by atoms with Gasteiger partial charge in [0.1, 0.15) is 6.42 Å². The number of methoxy groups -OCH3 is 1. The third kappa shape index (κ3) is 4.51. The zero-order valence-electron chi connectivity index (χ0n) is 11.9. The number of rotatable bonds is 7. The number of carbonyl (C=O) groups excluding carboxylic acids is 4. The Bertz CT molecular complexity index is 600. The molecule has 0 bridgehead atoms. The molecule has 1 aromatic heterocycles. The van der Waals surface area contributed by atoms with Gasteiger partial charge < -0.3 is 10.1 Å². The number of amides is 2. The monoisotopic (exact) mass is 304 g/mol.